The standard InChI is InChI=1S/C24H26N4O6S/c1-33-21-10-8-16(12-22(21)34-2)24(30)27-20-13-18(9-7-17(20)14-25)26-23(29)15-5-4-6-19(11-15)28-35(3,31)32/h4-13,28H,14,25H2,1-3H3,(H,26,29)(H,27,30). The smallest absolute Gasteiger partial charge is 0.255 e. The van der Waals surface area contributed by atoms with Gasteiger partial charge < -0.3 is 25.8 Å². The molecule has 3 aromatic carbocycles. The van der Waals surface area contributed by atoms with Gasteiger partial charge in [-0.1, -0.05) is 12.1 Å². The number of sulfonamides is 1. The van der Waals surface area contributed by atoms with Crippen LogP contribution in [0.1, 0.15) is 26.3 Å². The summed E-state index contributed by atoms with van der Waals surface area (Å²) >= 11 is 0. The van der Waals surface area contributed by atoms with Crippen LogP contribution in [0.2, 0.25) is 0 Å². The quantitative estimate of drug-likeness (QED) is 0.354. The molecular weight excluding hydrogens is 472 g/mol. The number of hydrogen-bond donors (Lipinski definition) is 4. The molecule has 0 aromatic heterocycles. The normalized spacial score (nSPS) is 10.9. The van der Waals surface area contributed by atoms with Gasteiger partial charge in [-0.3, -0.25) is 14.3 Å². The number of ether oxygens (including phenoxy) is 2. The predicted octanol–water partition coefficient (Wildman–Crippen LogP) is 3.04. The van der Waals surface area contributed by atoms with E-state index in [1.807, 2.05) is 0 Å². The molecule has 3 rings (SSSR count). The van der Waals surface area contributed by atoms with Crippen LogP contribution in [0.5, 0.6) is 11.5 Å². The largest absolute Gasteiger partial charge is 0.493 e. The Bertz CT molecular complexity index is 1360. The van der Waals surface area contributed by atoms with Crippen LogP contribution in [0.4, 0.5) is 17.1 Å². The first-order chi connectivity index (χ1) is 16.6. The van der Waals surface area contributed by atoms with Gasteiger partial charge in [-0.15, -0.1) is 0 Å². The van der Waals surface area contributed by atoms with Gasteiger partial charge in [0, 0.05) is 34.7 Å². The number of carbonyl (C=O) groups excluding carboxylic acids is 2. The predicted molar refractivity (Wildman–Crippen MR) is 135 cm³/mol. The average Bonchev–Trinajstić information content (AvgIpc) is 2.82. The van der Waals surface area contributed by atoms with E-state index in [1.54, 1.807) is 48.5 Å². The molecule has 0 saturated carbocycles. The number of nitrogens with two attached hydrogens (primary N) is 1. The van der Waals surface area contributed by atoms with E-state index >= 15 is 0 Å². The monoisotopic (exact) mass is 498 g/mol. The van der Waals surface area contributed by atoms with Gasteiger partial charge in [-0.25, -0.2) is 8.42 Å². The summed E-state index contributed by atoms with van der Waals surface area (Å²) < 4.78 is 35.7. The molecule has 0 bridgehead atoms. The lowest BCUT2D eigenvalue weighted by Crippen LogP contribution is -2.16. The third-order valence-electron chi connectivity index (χ3n) is 4.91. The number of carbonyl (C=O) groups is 2. The fraction of sp³-hybridized carbons (Fsp3) is 0.167. The molecule has 0 spiro atoms. The Balaban J connectivity index is 1.81. The first-order valence-electron chi connectivity index (χ1n) is 10.4. The van der Waals surface area contributed by atoms with Crippen molar-refractivity contribution in [3.63, 3.8) is 0 Å². The first kappa shape index (κ1) is 25.5. The third kappa shape index (κ3) is 6.71. The van der Waals surface area contributed by atoms with Gasteiger partial charge >= 0.3 is 0 Å². The molecule has 0 heterocycles. The lowest BCUT2D eigenvalue weighted by molar-refractivity contribution is 0.101. The summed E-state index contributed by atoms with van der Waals surface area (Å²) in [5.41, 5.74) is 8.19. The van der Waals surface area contributed by atoms with Gasteiger partial charge in [0.25, 0.3) is 11.8 Å². The molecule has 0 aliphatic heterocycles. The molecule has 0 radical (unpaired) electrons. The molecule has 11 heteroatoms. The Labute approximate surface area is 203 Å². The fourth-order valence-electron chi connectivity index (χ4n) is 3.26. The molecule has 0 atom stereocenters. The first-order valence-corrected chi connectivity index (χ1v) is 12.3. The summed E-state index contributed by atoms with van der Waals surface area (Å²) in [5.74, 6) is 0.0449. The SMILES string of the molecule is COc1ccc(C(=O)Nc2cc(NC(=O)c3cccc(NS(C)(=O)=O)c3)ccc2CN)cc1OC. The summed E-state index contributed by atoms with van der Waals surface area (Å²) in [5, 5.41) is 5.55. The highest BCUT2D eigenvalue weighted by Gasteiger charge is 2.14. The minimum absolute atomic E-state index is 0.162. The summed E-state index contributed by atoms with van der Waals surface area (Å²) in [7, 11) is -0.503. The van der Waals surface area contributed by atoms with E-state index in [1.165, 1.54) is 26.4 Å². The van der Waals surface area contributed by atoms with Crippen LogP contribution in [0.15, 0.2) is 60.7 Å². The second-order valence-corrected chi connectivity index (χ2v) is 9.26. The van der Waals surface area contributed by atoms with E-state index < -0.39 is 21.8 Å². The van der Waals surface area contributed by atoms with Crippen molar-refractivity contribution in [3.05, 3.63) is 77.4 Å². The molecule has 0 saturated heterocycles. The van der Waals surface area contributed by atoms with Crippen LogP contribution in [0.3, 0.4) is 0 Å². The maximum Gasteiger partial charge on any atom is 0.255 e. The number of hydrogen-bond acceptors (Lipinski definition) is 7. The summed E-state index contributed by atoms with van der Waals surface area (Å²) in [6, 6.07) is 15.8. The Morgan fingerprint density at radius 3 is 2.17 bits per heavy atom. The van der Waals surface area contributed by atoms with Crippen molar-refractivity contribution in [1.82, 2.24) is 0 Å². The molecule has 2 amide bonds. The van der Waals surface area contributed by atoms with E-state index in [0.29, 0.717) is 34.0 Å². The Morgan fingerprint density at radius 2 is 1.51 bits per heavy atom. The second-order valence-electron chi connectivity index (χ2n) is 7.51. The van der Waals surface area contributed by atoms with Crippen LogP contribution in [0.25, 0.3) is 0 Å². The Hall–Kier alpha value is -4.09. The number of rotatable bonds is 9. The highest BCUT2D eigenvalue weighted by atomic mass is 32.2. The molecular formula is C24H26N4O6S. The molecule has 0 fully saturated rings. The molecule has 10 nitrogen and oxygen atoms in total. The van der Waals surface area contributed by atoms with Gasteiger partial charge in [0.15, 0.2) is 11.5 Å². The molecule has 3 aromatic rings. The van der Waals surface area contributed by atoms with Crippen LogP contribution in [0, 0.1) is 0 Å². The molecule has 0 aliphatic rings. The molecule has 184 valence electrons. The number of anilines is 3. The summed E-state index contributed by atoms with van der Waals surface area (Å²) in [6.45, 7) is 0.162. The highest BCUT2D eigenvalue weighted by molar-refractivity contribution is 7.92. The minimum Gasteiger partial charge on any atom is -0.493 e. The van der Waals surface area contributed by atoms with Gasteiger partial charge in [-0.2, -0.15) is 0 Å². The van der Waals surface area contributed by atoms with Crippen molar-refractivity contribution < 1.29 is 27.5 Å². The van der Waals surface area contributed by atoms with Crippen molar-refractivity contribution in [1.29, 1.82) is 0 Å². The summed E-state index contributed by atoms with van der Waals surface area (Å²) in [4.78, 5) is 25.6. The number of nitrogens with one attached hydrogen (secondary N) is 3. The van der Waals surface area contributed by atoms with Crippen LogP contribution in [-0.2, 0) is 16.6 Å². The Morgan fingerprint density at radius 1 is 0.829 bits per heavy atom. The molecule has 35 heavy (non-hydrogen) atoms. The van der Waals surface area contributed by atoms with Gasteiger partial charge in [0.05, 0.1) is 20.5 Å². The second kappa shape index (κ2) is 10.9. The van der Waals surface area contributed by atoms with Crippen LogP contribution >= 0.6 is 0 Å². The van der Waals surface area contributed by atoms with Gasteiger partial charge in [0.2, 0.25) is 10.0 Å². The maximum absolute atomic E-state index is 12.9. The van der Waals surface area contributed by atoms with Crippen molar-refractivity contribution in [2.45, 2.75) is 6.54 Å². The zero-order valence-corrected chi connectivity index (χ0v) is 20.2. The average molecular weight is 499 g/mol. The van der Waals surface area contributed by atoms with Crippen molar-refractivity contribution >= 4 is 38.9 Å². The van der Waals surface area contributed by atoms with E-state index in [4.69, 9.17) is 15.2 Å². The lowest BCUT2D eigenvalue weighted by Gasteiger charge is -2.14. The molecule has 0 aliphatic carbocycles. The molecule has 0 unspecified atom stereocenters. The number of amides is 2. The van der Waals surface area contributed by atoms with E-state index in [-0.39, 0.29) is 17.8 Å². The van der Waals surface area contributed by atoms with Crippen LogP contribution in [-0.4, -0.2) is 40.7 Å². The van der Waals surface area contributed by atoms with Crippen LogP contribution < -0.4 is 30.6 Å². The number of methoxy groups -OCH3 is 2. The lowest BCUT2D eigenvalue weighted by atomic mass is 10.1. The molecule has 5 N–H and O–H groups in total. The number of benzene rings is 3. The fourth-order valence-corrected chi connectivity index (χ4v) is 3.82. The van der Waals surface area contributed by atoms with E-state index in [9.17, 15) is 18.0 Å². The van der Waals surface area contributed by atoms with Gasteiger partial charge in [0.1, 0.15) is 0 Å². The van der Waals surface area contributed by atoms with Gasteiger partial charge in [-0.05, 0) is 54.1 Å². The van der Waals surface area contributed by atoms with Crippen molar-refractivity contribution in [2.24, 2.45) is 5.73 Å². The van der Waals surface area contributed by atoms with Crippen molar-refractivity contribution in [3.8, 4) is 11.5 Å². The third-order valence-corrected chi connectivity index (χ3v) is 5.52. The highest BCUT2D eigenvalue weighted by Crippen LogP contribution is 2.28. The Kier molecular flexibility index (Phi) is 7.94. The van der Waals surface area contributed by atoms with Crippen molar-refractivity contribution in [2.75, 3.05) is 35.8 Å². The van der Waals surface area contributed by atoms with E-state index in [2.05, 4.69) is 15.4 Å². The maximum atomic E-state index is 12.9. The zero-order chi connectivity index (χ0) is 25.6. The van der Waals surface area contributed by atoms with E-state index in [0.717, 1.165) is 6.26 Å². The topological polar surface area (TPSA) is 149 Å². The zero-order valence-electron chi connectivity index (χ0n) is 19.4. The minimum atomic E-state index is -3.48. The summed E-state index contributed by atoms with van der Waals surface area (Å²) in [6.07, 6.45) is 1.02.